The summed E-state index contributed by atoms with van der Waals surface area (Å²) in [5, 5.41) is 10.8. The molecule has 0 amide bonds. The van der Waals surface area contributed by atoms with Crippen molar-refractivity contribution in [2.24, 2.45) is 5.92 Å². The Bertz CT molecular complexity index is 1040. The van der Waals surface area contributed by atoms with Gasteiger partial charge in [-0.25, -0.2) is 9.97 Å². The molecule has 1 aliphatic rings. The lowest BCUT2D eigenvalue weighted by atomic mass is 10.00. The fraction of sp³-hybridized carbons (Fsp3) is 0.476. The molecule has 0 aromatic carbocycles. The minimum absolute atomic E-state index is 0. The lowest BCUT2D eigenvalue weighted by molar-refractivity contribution is -0.137. The molecule has 0 unspecified atom stereocenters. The lowest BCUT2D eigenvalue weighted by Crippen LogP contribution is -2.56. The molecule has 9 heteroatoms. The molecule has 1 saturated heterocycles. The van der Waals surface area contributed by atoms with Gasteiger partial charge in [-0.3, -0.25) is 5.10 Å². The van der Waals surface area contributed by atoms with Crippen LogP contribution in [0.5, 0.6) is 0 Å². The van der Waals surface area contributed by atoms with E-state index in [1.807, 2.05) is 0 Å². The Hall–Kier alpha value is -2.68. The minimum Gasteiger partial charge on any atom is -0.353 e. The molecule has 164 valence electrons. The molecule has 4 heterocycles. The van der Waals surface area contributed by atoms with Crippen molar-refractivity contribution < 1.29 is 16.0 Å². The number of H-pyrrole nitrogens is 1. The average molecular weight is 422 g/mol. The van der Waals surface area contributed by atoms with Gasteiger partial charge >= 0.3 is 6.18 Å². The van der Waals surface area contributed by atoms with E-state index in [9.17, 15) is 13.2 Å². The Labute approximate surface area is 175 Å². The number of hydrogen-bond donors (Lipinski definition) is 2. The smallest absolute Gasteiger partial charge is 0.353 e. The predicted molar refractivity (Wildman–Crippen MR) is 114 cm³/mol. The van der Waals surface area contributed by atoms with Crippen molar-refractivity contribution in [2.75, 3.05) is 18.0 Å². The van der Waals surface area contributed by atoms with Gasteiger partial charge in [-0.15, -0.1) is 0 Å². The van der Waals surface area contributed by atoms with E-state index in [1.165, 1.54) is 6.07 Å². The number of aromatic nitrogens is 4. The number of alkyl halides is 3. The average Bonchev–Trinajstić information content (AvgIpc) is 3.10. The Balaban J connectivity index is 0.00000181. The Morgan fingerprint density at radius 3 is 2.77 bits per heavy atom. The summed E-state index contributed by atoms with van der Waals surface area (Å²) in [6.45, 7) is 7.79. The summed E-state index contributed by atoms with van der Waals surface area (Å²) < 4.78 is 41.3. The number of nitrogens with one attached hydrogen (secondary N) is 2. The van der Waals surface area contributed by atoms with Crippen molar-refractivity contribution in [3.05, 3.63) is 36.0 Å². The number of anilines is 1. The zero-order valence-electron chi connectivity index (χ0n) is 17.2. The highest BCUT2D eigenvalue weighted by atomic mass is 19.4. The largest absolute Gasteiger partial charge is 0.418 e. The topological polar surface area (TPSA) is 69.7 Å². The van der Waals surface area contributed by atoms with Gasteiger partial charge in [0.15, 0.2) is 5.65 Å². The third-order valence-electron chi connectivity index (χ3n) is 5.29. The van der Waals surface area contributed by atoms with Gasteiger partial charge in [0.05, 0.1) is 11.3 Å². The molecule has 3 aromatic heterocycles. The molecule has 2 atom stereocenters. The van der Waals surface area contributed by atoms with E-state index in [-0.39, 0.29) is 26.3 Å². The second-order valence-corrected chi connectivity index (χ2v) is 8.34. The van der Waals surface area contributed by atoms with Crippen molar-refractivity contribution in [1.29, 1.82) is 0 Å². The van der Waals surface area contributed by atoms with E-state index in [4.69, 9.17) is 0 Å². The number of hydrogen-bond acceptors (Lipinski definition) is 5. The quantitative estimate of drug-likeness (QED) is 0.635. The van der Waals surface area contributed by atoms with Crippen molar-refractivity contribution >= 4 is 16.9 Å². The molecule has 4 rings (SSSR count). The summed E-state index contributed by atoms with van der Waals surface area (Å²) in [5.41, 5.74) is -0.348. The highest BCUT2D eigenvalue weighted by Crippen LogP contribution is 2.38. The molecular formula is C21H29F3N6. The summed E-state index contributed by atoms with van der Waals surface area (Å²) in [6.07, 6.45) is -1.99. The first-order valence-corrected chi connectivity index (χ1v) is 10.1. The van der Waals surface area contributed by atoms with Gasteiger partial charge in [0, 0.05) is 39.6 Å². The zero-order chi connectivity index (χ0) is 21.5. The lowest BCUT2D eigenvalue weighted by Gasteiger charge is -2.39. The molecule has 0 spiro atoms. The van der Waals surface area contributed by atoms with Gasteiger partial charge < -0.3 is 10.2 Å². The third kappa shape index (κ3) is 4.12. The maximum atomic E-state index is 13.8. The normalized spacial score (nSPS) is 20.3. The molecule has 0 aliphatic carbocycles. The minimum atomic E-state index is -4.53. The molecule has 0 bridgehead atoms. The number of fused-ring (bicyclic) bond motifs is 1. The molecule has 1 aliphatic heterocycles. The van der Waals surface area contributed by atoms with Crippen LogP contribution in [0.3, 0.4) is 0 Å². The molecule has 3 aromatic rings. The number of piperazine rings is 1. The molecule has 30 heavy (non-hydrogen) atoms. The fourth-order valence-electron chi connectivity index (χ4n) is 4.15. The van der Waals surface area contributed by atoms with Crippen LogP contribution in [0, 0.1) is 5.92 Å². The summed E-state index contributed by atoms with van der Waals surface area (Å²) in [6, 6.07) is 6.43. The molecule has 0 saturated carbocycles. The third-order valence-corrected chi connectivity index (χ3v) is 5.29. The summed E-state index contributed by atoms with van der Waals surface area (Å²) in [5.74, 6) is 1.06. The summed E-state index contributed by atoms with van der Waals surface area (Å²) in [7, 11) is 0. The van der Waals surface area contributed by atoms with E-state index in [1.54, 1.807) is 18.3 Å². The van der Waals surface area contributed by atoms with Crippen LogP contribution < -0.4 is 10.2 Å². The second kappa shape index (κ2) is 7.86. The Kier molecular flexibility index (Phi) is 5.40. The van der Waals surface area contributed by atoms with Gasteiger partial charge in [0.1, 0.15) is 11.5 Å². The van der Waals surface area contributed by atoms with Gasteiger partial charge in [0.25, 0.3) is 0 Å². The number of rotatable bonds is 4. The number of pyridine rings is 2. The fourth-order valence-corrected chi connectivity index (χ4v) is 4.15. The van der Waals surface area contributed by atoms with Crippen LogP contribution in [0.2, 0.25) is 0 Å². The van der Waals surface area contributed by atoms with Crippen molar-refractivity contribution in [3.63, 3.8) is 0 Å². The molecule has 6 nitrogen and oxygen atoms in total. The van der Waals surface area contributed by atoms with Gasteiger partial charge in [0.2, 0.25) is 0 Å². The van der Waals surface area contributed by atoms with E-state index < -0.39 is 11.7 Å². The number of aromatic amines is 1. The van der Waals surface area contributed by atoms with Crippen molar-refractivity contribution in [3.8, 4) is 11.4 Å². The van der Waals surface area contributed by atoms with Crippen LogP contribution in [-0.2, 0) is 6.18 Å². The second-order valence-electron chi connectivity index (χ2n) is 8.34. The van der Waals surface area contributed by atoms with Crippen LogP contribution in [0.1, 0.15) is 35.6 Å². The molecule has 2 N–H and O–H groups in total. The summed E-state index contributed by atoms with van der Waals surface area (Å²) >= 11 is 0. The number of nitrogens with zero attached hydrogens (tertiary/aromatic N) is 4. The Morgan fingerprint density at radius 1 is 1.23 bits per heavy atom. The van der Waals surface area contributed by atoms with E-state index >= 15 is 0 Å². The maximum Gasteiger partial charge on any atom is 0.418 e. The maximum absolute atomic E-state index is 13.8. The first-order valence-electron chi connectivity index (χ1n) is 10.1. The first-order chi connectivity index (χ1) is 14.2. The van der Waals surface area contributed by atoms with E-state index in [0.717, 1.165) is 12.5 Å². The highest BCUT2D eigenvalue weighted by molar-refractivity contribution is 5.90. The first kappa shape index (κ1) is 20.6. The van der Waals surface area contributed by atoms with Crippen LogP contribution in [0.25, 0.3) is 22.4 Å². The highest BCUT2D eigenvalue weighted by Gasteiger charge is 2.36. The van der Waals surface area contributed by atoms with Crippen LogP contribution in [0.15, 0.2) is 30.5 Å². The van der Waals surface area contributed by atoms with Crippen LogP contribution in [-0.4, -0.2) is 45.3 Å². The predicted octanol–water partition coefficient (Wildman–Crippen LogP) is 4.74. The van der Waals surface area contributed by atoms with Crippen molar-refractivity contribution in [2.45, 2.75) is 45.5 Å². The van der Waals surface area contributed by atoms with E-state index in [2.05, 4.69) is 51.2 Å². The SMILES string of the molecule is CC(C)C[C@H]1CN(c2ccc(C(F)(F)F)c(-c3[nH]nc4ncccc34)n2)C[C@@H](C)N1.[HH].[HH]. The number of halogens is 3. The van der Waals surface area contributed by atoms with Gasteiger partial charge in [-0.2, -0.15) is 18.3 Å². The monoisotopic (exact) mass is 422 g/mol. The Morgan fingerprint density at radius 2 is 2.03 bits per heavy atom. The molecular weight excluding hydrogens is 393 g/mol. The van der Waals surface area contributed by atoms with E-state index in [0.29, 0.717) is 35.9 Å². The summed E-state index contributed by atoms with van der Waals surface area (Å²) in [4.78, 5) is 10.7. The van der Waals surface area contributed by atoms with Crippen molar-refractivity contribution in [1.82, 2.24) is 25.5 Å². The van der Waals surface area contributed by atoms with Gasteiger partial charge in [-0.1, -0.05) is 13.8 Å². The molecule has 1 fully saturated rings. The van der Waals surface area contributed by atoms with Crippen LogP contribution >= 0.6 is 0 Å². The van der Waals surface area contributed by atoms with Crippen LogP contribution in [0.4, 0.5) is 19.0 Å². The van der Waals surface area contributed by atoms with Gasteiger partial charge in [-0.05, 0) is 43.5 Å². The molecule has 0 radical (unpaired) electrons. The standard InChI is InChI=1S/C21H25F3N6.2H2/c1-12(2)9-14-11-30(10-13(3)26-14)17-7-6-16(21(22,23)24)19(27-17)18-15-5-4-8-25-20(15)29-28-18;;/h4-8,12-14,26H,9-11H2,1-3H3,(H,25,28,29);2*1H/t13-,14+;;/m1../s1. The zero-order valence-corrected chi connectivity index (χ0v) is 17.2.